The standard InChI is InChI=1S/C12H16BrCl/c1-9(2)7-11(13)8-10-3-5-12(14)6-4-10/h3-6,9,11H,7-8H2,1-2H3. The van der Waals surface area contributed by atoms with Crippen molar-refractivity contribution in [2.45, 2.75) is 31.5 Å². The zero-order valence-electron chi connectivity index (χ0n) is 8.63. The first-order valence-corrected chi connectivity index (χ1v) is 6.26. The van der Waals surface area contributed by atoms with Gasteiger partial charge in [-0.25, -0.2) is 0 Å². The second kappa shape index (κ2) is 5.77. The van der Waals surface area contributed by atoms with Gasteiger partial charge in [0.2, 0.25) is 0 Å². The molecule has 0 radical (unpaired) electrons. The molecule has 0 bridgehead atoms. The van der Waals surface area contributed by atoms with Crippen LogP contribution in [0.3, 0.4) is 0 Å². The van der Waals surface area contributed by atoms with Crippen LogP contribution in [-0.2, 0) is 6.42 Å². The van der Waals surface area contributed by atoms with Crippen LogP contribution >= 0.6 is 27.5 Å². The first kappa shape index (κ1) is 12.1. The van der Waals surface area contributed by atoms with Crippen LogP contribution in [0, 0.1) is 5.92 Å². The summed E-state index contributed by atoms with van der Waals surface area (Å²) in [5.74, 6) is 0.742. The Kier molecular flexibility index (Phi) is 4.97. The summed E-state index contributed by atoms with van der Waals surface area (Å²) in [6.45, 7) is 4.49. The molecule has 0 saturated heterocycles. The predicted octanol–water partition coefficient (Wildman–Crippen LogP) is 4.69. The largest absolute Gasteiger partial charge is 0.0887 e. The Labute approximate surface area is 99.8 Å². The molecular weight excluding hydrogens is 259 g/mol. The predicted molar refractivity (Wildman–Crippen MR) is 67.3 cm³/mol. The molecule has 0 nitrogen and oxygen atoms in total. The Morgan fingerprint density at radius 3 is 2.29 bits per heavy atom. The first-order valence-electron chi connectivity index (χ1n) is 4.96. The maximum Gasteiger partial charge on any atom is 0.0406 e. The highest BCUT2D eigenvalue weighted by Gasteiger charge is 2.07. The van der Waals surface area contributed by atoms with Crippen molar-refractivity contribution in [3.8, 4) is 0 Å². The van der Waals surface area contributed by atoms with Crippen molar-refractivity contribution in [1.82, 2.24) is 0 Å². The molecule has 0 aliphatic heterocycles. The summed E-state index contributed by atoms with van der Waals surface area (Å²) in [6.07, 6.45) is 2.29. The van der Waals surface area contributed by atoms with E-state index in [1.807, 2.05) is 12.1 Å². The lowest BCUT2D eigenvalue weighted by molar-refractivity contribution is 0.571. The van der Waals surface area contributed by atoms with Gasteiger partial charge in [-0.3, -0.25) is 0 Å². The fraction of sp³-hybridized carbons (Fsp3) is 0.500. The zero-order chi connectivity index (χ0) is 10.6. The van der Waals surface area contributed by atoms with E-state index >= 15 is 0 Å². The molecule has 0 fully saturated rings. The second-order valence-corrected chi connectivity index (χ2v) is 5.79. The number of alkyl halides is 1. The van der Waals surface area contributed by atoms with Crippen molar-refractivity contribution in [2.75, 3.05) is 0 Å². The van der Waals surface area contributed by atoms with Crippen LogP contribution in [0.1, 0.15) is 25.8 Å². The van der Waals surface area contributed by atoms with Crippen molar-refractivity contribution in [3.63, 3.8) is 0 Å². The van der Waals surface area contributed by atoms with Gasteiger partial charge in [0.1, 0.15) is 0 Å². The summed E-state index contributed by atoms with van der Waals surface area (Å²) in [6, 6.07) is 8.09. The van der Waals surface area contributed by atoms with Gasteiger partial charge in [0.15, 0.2) is 0 Å². The number of halogens is 2. The Morgan fingerprint density at radius 1 is 1.21 bits per heavy atom. The molecule has 0 amide bonds. The molecule has 0 N–H and O–H groups in total. The van der Waals surface area contributed by atoms with Crippen LogP contribution in [0.4, 0.5) is 0 Å². The summed E-state index contributed by atoms with van der Waals surface area (Å²) in [7, 11) is 0. The van der Waals surface area contributed by atoms with E-state index in [2.05, 4.69) is 41.9 Å². The minimum Gasteiger partial charge on any atom is -0.0887 e. The molecule has 1 unspecified atom stereocenters. The van der Waals surface area contributed by atoms with Gasteiger partial charge in [-0.05, 0) is 36.5 Å². The van der Waals surface area contributed by atoms with E-state index in [9.17, 15) is 0 Å². The van der Waals surface area contributed by atoms with Crippen molar-refractivity contribution in [1.29, 1.82) is 0 Å². The normalized spacial score (nSPS) is 13.2. The maximum absolute atomic E-state index is 5.82. The third-order valence-electron chi connectivity index (χ3n) is 2.10. The van der Waals surface area contributed by atoms with Gasteiger partial charge in [-0.15, -0.1) is 0 Å². The molecule has 0 aliphatic carbocycles. The highest BCUT2D eigenvalue weighted by atomic mass is 79.9. The van der Waals surface area contributed by atoms with Crippen LogP contribution < -0.4 is 0 Å². The third-order valence-corrected chi connectivity index (χ3v) is 3.05. The molecule has 0 heterocycles. The van der Waals surface area contributed by atoms with Crippen molar-refractivity contribution in [3.05, 3.63) is 34.9 Å². The van der Waals surface area contributed by atoms with Gasteiger partial charge in [0.05, 0.1) is 0 Å². The van der Waals surface area contributed by atoms with Crippen molar-refractivity contribution >= 4 is 27.5 Å². The van der Waals surface area contributed by atoms with Crippen LogP contribution in [0.25, 0.3) is 0 Å². The molecular formula is C12H16BrCl. The molecule has 1 rings (SSSR count). The number of benzene rings is 1. The molecule has 0 saturated carbocycles. The van der Waals surface area contributed by atoms with Gasteiger partial charge in [0, 0.05) is 9.85 Å². The Morgan fingerprint density at radius 2 is 1.79 bits per heavy atom. The average molecular weight is 276 g/mol. The summed E-state index contributed by atoms with van der Waals surface area (Å²) in [5.41, 5.74) is 1.34. The number of hydrogen-bond acceptors (Lipinski definition) is 0. The zero-order valence-corrected chi connectivity index (χ0v) is 11.0. The SMILES string of the molecule is CC(C)CC(Br)Cc1ccc(Cl)cc1. The molecule has 0 aliphatic rings. The van der Waals surface area contributed by atoms with E-state index in [0.29, 0.717) is 4.83 Å². The van der Waals surface area contributed by atoms with Crippen LogP contribution in [0.5, 0.6) is 0 Å². The molecule has 2 heteroatoms. The lowest BCUT2D eigenvalue weighted by atomic mass is 10.0. The summed E-state index contributed by atoms with van der Waals surface area (Å²) in [4.78, 5) is 0.573. The van der Waals surface area contributed by atoms with Gasteiger partial charge < -0.3 is 0 Å². The Hall–Kier alpha value is -0.0100. The smallest absolute Gasteiger partial charge is 0.0406 e. The maximum atomic E-state index is 5.82. The molecule has 78 valence electrons. The van der Waals surface area contributed by atoms with E-state index < -0.39 is 0 Å². The quantitative estimate of drug-likeness (QED) is 0.699. The Balaban J connectivity index is 2.47. The van der Waals surface area contributed by atoms with Crippen LogP contribution in [-0.4, -0.2) is 4.83 Å². The van der Waals surface area contributed by atoms with E-state index in [4.69, 9.17) is 11.6 Å². The summed E-state index contributed by atoms with van der Waals surface area (Å²) in [5, 5.41) is 0.809. The topological polar surface area (TPSA) is 0 Å². The molecule has 14 heavy (non-hydrogen) atoms. The number of hydrogen-bond donors (Lipinski definition) is 0. The monoisotopic (exact) mass is 274 g/mol. The van der Waals surface area contributed by atoms with Gasteiger partial charge in [-0.1, -0.05) is 53.5 Å². The summed E-state index contributed by atoms with van der Waals surface area (Å²) < 4.78 is 0. The van der Waals surface area contributed by atoms with Gasteiger partial charge in [-0.2, -0.15) is 0 Å². The lowest BCUT2D eigenvalue weighted by Gasteiger charge is -2.12. The second-order valence-electron chi connectivity index (χ2n) is 4.06. The van der Waals surface area contributed by atoms with Crippen LogP contribution in [0.2, 0.25) is 5.02 Å². The van der Waals surface area contributed by atoms with E-state index in [0.717, 1.165) is 17.4 Å². The highest BCUT2D eigenvalue weighted by Crippen LogP contribution is 2.19. The molecule has 1 aromatic carbocycles. The minimum absolute atomic E-state index is 0.573. The lowest BCUT2D eigenvalue weighted by Crippen LogP contribution is -2.06. The van der Waals surface area contributed by atoms with Gasteiger partial charge in [0.25, 0.3) is 0 Å². The van der Waals surface area contributed by atoms with E-state index in [1.54, 1.807) is 0 Å². The molecule has 1 aromatic rings. The van der Waals surface area contributed by atoms with Gasteiger partial charge >= 0.3 is 0 Å². The third kappa shape index (κ3) is 4.47. The van der Waals surface area contributed by atoms with Crippen LogP contribution in [0.15, 0.2) is 24.3 Å². The fourth-order valence-electron chi connectivity index (χ4n) is 1.47. The van der Waals surface area contributed by atoms with Crippen molar-refractivity contribution in [2.24, 2.45) is 5.92 Å². The highest BCUT2D eigenvalue weighted by molar-refractivity contribution is 9.09. The molecule has 1 atom stereocenters. The fourth-order valence-corrected chi connectivity index (χ4v) is 2.72. The van der Waals surface area contributed by atoms with E-state index in [1.165, 1.54) is 12.0 Å². The molecule has 0 spiro atoms. The average Bonchev–Trinajstić information content (AvgIpc) is 2.07. The number of rotatable bonds is 4. The molecule has 0 aromatic heterocycles. The summed E-state index contributed by atoms with van der Waals surface area (Å²) >= 11 is 9.52. The van der Waals surface area contributed by atoms with Crippen molar-refractivity contribution < 1.29 is 0 Å². The minimum atomic E-state index is 0.573. The van der Waals surface area contributed by atoms with E-state index in [-0.39, 0.29) is 0 Å². The first-order chi connectivity index (χ1) is 6.58. The Bertz CT molecular complexity index is 266.